The quantitative estimate of drug-likeness (QED) is 0.817. The van der Waals surface area contributed by atoms with Gasteiger partial charge in [-0.2, -0.15) is 0 Å². The van der Waals surface area contributed by atoms with E-state index in [1.54, 1.807) is 7.11 Å². The van der Waals surface area contributed by atoms with Crippen LogP contribution in [0.3, 0.4) is 0 Å². The van der Waals surface area contributed by atoms with Gasteiger partial charge in [0, 0.05) is 38.7 Å². The second kappa shape index (κ2) is 8.38. The summed E-state index contributed by atoms with van der Waals surface area (Å²) in [6.07, 6.45) is 0.213. The summed E-state index contributed by atoms with van der Waals surface area (Å²) in [5, 5.41) is 5.44. The first-order chi connectivity index (χ1) is 11.1. The fourth-order valence-corrected chi connectivity index (χ4v) is 2.38. The average molecular weight is 321 g/mol. The van der Waals surface area contributed by atoms with Crippen LogP contribution in [0.4, 0.5) is 11.4 Å². The number of nitrogens with zero attached hydrogens (tertiary/aromatic N) is 1. The van der Waals surface area contributed by atoms with Crippen molar-refractivity contribution in [2.24, 2.45) is 0 Å². The Hall–Kier alpha value is -2.28. The van der Waals surface area contributed by atoms with Crippen LogP contribution in [0.1, 0.15) is 13.3 Å². The Morgan fingerprint density at radius 2 is 2.04 bits per heavy atom. The summed E-state index contributed by atoms with van der Waals surface area (Å²) in [6.45, 7) is 4.78. The van der Waals surface area contributed by atoms with Crippen LogP contribution in [0.25, 0.3) is 0 Å². The van der Waals surface area contributed by atoms with Crippen LogP contribution in [0.15, 0.2) is 18.2 Å². The van der Waals surface area contributed by atoms with Gasteiger partial charge in [0.05, 0.1) is 26.0 Å². The van der Waals surface area contributed by atoms with E-state index < -0.39 is 0 Å². The fraction of sp³-hybridized carbons (Fsp3) is 0.500. The Morgan fingerprint density at radius 1 is 1.30 bits per heavy atom. The molecule has 2 rings (SSSR count). The largest absolute Gasteiger partial charge is 0.495 e. The average Bonchev–Trinajstić information content (AvgIpc) is 2.55. The Labute approximate surface area is 135 Å². The zero-order chi connectivity index (χ0) is 16.7. The topological polar surface area (TPSA) is 79.9 Å². The lowest BCUT2D eigenvalue weighted by Crippen LogP contribution is -2.36. The highest BCUT2D eigenvalue weighted by Crippen LogP contribution is 2.30. The standard InChI is InChI=1S/C16H23N3O4/c1-12(20)17-6-5-16(21)18-14-11-13(3-4-15(14)22-2)19-7-9-23-10-8-19/h3-4,11H,5-10H2,1-2H3,(H,17,20)(H,18,21). The molecule has 0 radical (unpaired) electrons. The highest BCUT2D eigenvalue weighted by atomic mass is 16.5. The van der Waals surface area contributed by atoms with Crippen LogP contribution in [0.5, 0.6) is 5.75 Å². The van der Waals surface area contributed by atoms with Gasteiger partial charge in [0.2, 0.25) is 11.8 Å². The minimum Gasteiger partial charge on any atom is -0.495 e. The minimum atomic E-state index is -0.170. The third-order valence-corrected chi connectivity index (χ3v) is 3.56. The van der Waals surface area contributed by atoms with Gasteiger partial charge in [0.15, 0.2) is 0 Å². The molecule has 0 saturated carbocycles. The summed E-state index contributed by atoms with van der Waals surface area (Å²) in [4.78, 5) is 25.0. The van der Waals surface area contributed by atoms with E-state index in [-0.39, 0.29) is 18.2 Å². The number of ether oxygens (including phenoxy) is 2. The van der Waals surface area contributed by atoms with Gasteiger partial charge < -0.3 is 25.0 Å². The van der Waals surface area contributed by atoms with E-state index in [1.165, 1.54) is 6.92 Å². The molecule has 2 N–H and O–H groups in total. The number of anilines is 2. The van der Waals surface area contributed by atoms with E-state index in [9.17, 15) is 9.59 Å². The normalized spacial score (nSPS) is 14.3. The number of amides is 2. The molecule has 23 heavy (non-hydrogen) atoms. The number of hydrogen-bond acceptors (Lipinski definition) is 5. The lowest BCUT2D eigenvalue weighted by atomic mass is 10.2. The Balaban J connectivity index is 2.03. The first-order valence-electron chi connectivity index (χ1n) is 7.65. The number of methoxy groups -OCH3 is 1. The second-order valence-electron chi connectivity index (χ2n) is 5.27. The van der Waals surface area contributed by atoms with Crippen molar-refractivity contribution in [3.63, 3.8) is 0 Å². The number of nitrogens with one attached hydrogen (secondary N) is 2. The molecule has 0 bridgehead atoms. The smallest absolute Gasteiger partial charge is 0.226 e. The van der Waals surface area contributed by atoms with E-state index in [4.69, 9.17) is 9.47 Å². The maximum Gasteiger partial charge on any atom is 0.226 e. The molecule has 0 atom stereocenters. The highest BCUT2D eigenvalue weighted by Gasteiger charge is 2.14. The molecule has 0 unspecified atom stereocenters. The summed E-state index contributed by atoms with van der Waals surface area (Å²) in [5.74, 6) is 0.288. The molecule has 1 aliphatic heterocycles. The zero-order valence-corrected chi connectivity index (χ0v) is 13.6. The first kappa shape index (κ1) is 17.1. The second-order valence-corrected chi connectivity index (χ2v) is 5.27. The van der Waals surface area contributed by atoms with Crippen molar-refractivity contribution >= 4 is 23.2 Å². The summed E-state index contributed by atoms with van der Waals surface area (Å²) in [5.41, 5.74) is 1.65. The lowest BCUT2D eigenvalue weighted by molar-refractivity contribution is -0.119. The number of carbonyl (C=O) groups excluding carboxylic acids is 2. The molecular weight excluding hydrogens is 298 g/mol. The Bertz CT molecular complexity index is 556. The molecule has 2 amide bonds. The molecule has 1 aromatic rings. The summed E-state index contributed by atoms with van der Waals surface area (Å²) in [7, 11) is 1.57. The van der Waals surface area contributed by atoms with Crippen molar-refractivity contribution in [1.82, 2.24) is 5.32 Å². The molecule has 0 aliphatic carbocycles. The predicted octanol–water partition coefficient (Wildman–Crippen LogP) is 0.996. The van der Waals surface area contributed by atoms with Gasteiger partial charge in [-0.15, -0.1) is 0 Å². The van der Waals surface area contributed by atoms with Crippen molar-refractivity contribution in [1.29, 1.82) is 0 Å². The number of morpholine rings is 1. The molecule has 1 aliphatic rings. The van der Waals surface area contributed by atoms with Gasteiger partial charge in [-0.25, -0.2) is 0 Å². The maximum absolute atomic E-state index is 12.0. The lowest BCUT2D eigenvalue weighted by Gasteiger charge is -2.29. The van der Waals surface area contributed by atoms with E-state index >= 15 is 0 Å². The van der Waals surface area contributed by atoms with Crippen LogP contribution in [0.2, 0.25) is 0 Å². The molecule has 0 aromatic heterocycles. The van der Waals surface area contributed by atoms with Crippen molar-refractivity contribution < 1.29 is 19.1 Å². The maximum atomic E-state index is 12.0. The fourth-order valence-electron chi connectivity index (χ4n) is 2.38. The van der Waals surface area contributed by atoms with Crippen LogP contribution in [-0.2, 0) is 14.3 Å². The van der Waals surface area contributed by atoms with Gasteiger partial charge >= 0.3 is 0 Å². The molecule has 1 heterocycles. The molecular formula is C16H23N3O4. The zero-order valence-electron chi connectivity index (χ0n) is 13.6. The molecule has 1 saturated heterocycles. The predicted molar refractivity (Wildman–Crippen MR) is 88.0 cm³/mol. The first-order valence-corrected chi connectivity index (χ1v) is 7.65. The summed E-state index contributed by atoms with van der Waals surface area (Å²) in [6, 6.07) is 5.71. The van der Waals surface area contributed by atoms with Crippen LogP contribution in [-0.4, -0.2) is 51.8 Å². The van der Waals surface area contributed by atoms with Crippen LogP contribution in [0, 0.1) is 0 Å². The van der Waals surface area contributed by atoms with Crippen LogP contribution >= 0.6 is 0 Å². The number of rotatable bonds is 6. The highest BCUT2D eigenvalue weighted by molar-refractivity contribution is 5.93. The van der Waals surface area contributed by atoms with Gasteiger partial charge in [0.1, 0.15) is 5.75 Å². The molecule has 7 nitrogen and oxygen atoms in total. The molecule has 126 valence electrons. The monoisotopic (exact) mass is 321 g/mol. The minimum absolute atomic E-state index is 0.148. The molecule has 0 spiro atoms. The molecule has 7 heteroatoms. The van der Waals surface area contributed by atoms with Crippen molar-refractivity contribution in [2.45, 2.75) is 13.3 Å². The number of benzene rings is 1. The van der Waals surface area contributed by atoms with Gasteiger partial charge in [-0.3, -0.25) is 9.59 Å². The van der Waals surface area contributed by atoms with Gasteiger partial charge in [0.25, 0.3) is 0 Å². The number of carbonyl (C=O) groups is 2. The van der Waals surface area contributed by atoms with Crippen molar-refractivity contribution in [3.05, 3.63) is 18.2 Å². The van der Waals surface area contributed by atoms with E-state index in [2.05, 4.69) is 15.5 Å². The molecule has 1 aromatic carbocycles. The summed E-state index contributed by atoms with van der Waals surface area (Å²) >= 11 is 0. The van der Waals surface area contributed by atoms with E-state index in [0.29, 0.717) is 31.2 Å². The Morgan fingerprint density at radius 3 is 2.70 bits per heavy atom. The van der Waals surface area contributed by atoms with Crippen LogP contribution < -0.4 is 20.3 Å². The third kappa shape index (κ3) is 5.14. The SMILES string of the molecule is COc1ccc(N2CCOCC2)cc1NC(=O)CCNC(C)=O. The van der Waals surface area contributed by atoms with E-state index in [1.807, 2.05) is 18.2 Å². The Kier molecular flexibility index (Phi) is 6.22. The van der Waals surface area contributed by atoms with Crippen molar-refractivity contribution in [3.8, 4) is 5.75 Å². The molecule has 1 fully saturated rings. The third-order valence-electron chi connectivity index (χ3n) is 3.56. The van der Waals surface area contributed by atoms with E-state index in [0.717, 1.165) is 18.8 Å². The summed E-state index contributed by atoms with van der Waals surface area (Å²) < 4.78 is 10.7. The van der Waals surface area contributed by atoms with Crippen molar-refractivity contribution in [2.75, 3.05) is 50.2 Å². The number of hydrogen-bond donors (Lipinski definition) is 2. The van der Waals surface area contributed by atoms with Gasteiger partial charge in [-0.1, -0.05) is 0 Å². The van der Waals surface area contributed by atoms with Gasteiger partial charge in [-0.05, 0) is 18.2 Å².